The van der Waals surface area contributed by atoms with Crippen molar-refractivity contribution >= 4 is 50.7 Å². The van der Waals surface area contributed by atoms with Crippen LogP contribution in [0.3, 0.4) is 0 Å². The highest BCUT2D eigenvalue weighted by molar-refractivity contribution is 7.89. The monoisotopic (exact) mass is 467 g/mol. The van der Waals surface area contributed by atoms with Crippen molar-refractivity contribution in [3.63, 3.8) is 0 Å². The van der Waals surface area contributed by atoms with Gasteiger partial charge in [-0.25, -0.2) is 8.42 Å². The molecule has 2 aromatic rings. The minimum Gasteiger partial charge on any atom is -0.336 e. The fourth-order valence-electron chi connectivity index (χ4n) is 3.65. The van der Waals surface area contributed by atoms with Crippen molar-refractivity contribution in [1.29, 1.82) is 0 Å². The molecule has 2 aliphatic heterocycles. The number of hydrogen-bond acceptors (Lipinski definition) is 4. The highest BCUT2D eigenvalue weighted by atomic mass is 35.5. The van der Waals surface area contributed by atoms with E-state index in [0.29, 0.717) is 18.4 Å². The lowest BCUT2D eigenvalue weighted by Crippen LogP contribution is -2.50. The van der Waals surface area contributed by atoms with Crippen LogP contribution in [0.4, 0.5) is 5.69 Å². The summed E-state index contributed by atoms with van der Waals surface area (Å²) < 4.78 is 27.2. The van der Waals surface area contributed by atoms with Crippen LogP contribution in [-0.2, 0) is 21.2 Å². The summed E-state index contributed by atoms with van der Waals surface area (Å²) in [5.74, 6) is -0.189. The molecule has 0 unspecified atom stereocenters. The second-order valence-corrected chi connectivity index (χ2v) is 9.86. The zero-order chi connectivity index (χ0) is 21.5. The number of aryl methyl sites for hydroxylation is 1. The van der Waals surface area contributed by atoms with E-state index >= 15 is 0 Å². The lowest BCUT2D eigenvalue weighted by atomic mass is 10.00. The van der Waals surface area contributed by atoms with Gasteiger partial charge in [0.1, 0.15) is 4.90 Å². The summed E-state index contributed by atoms with van der Waals surface area (Å²) in [4.78, 5) is 26.0. The maximum absolute atomic E-state index is 12.9. The van der Waals surface area contributed by atoms with Gasteiger partial charge in [-0.05, 0) is 42.3 Å². The number of sulfonamides is 1. The molecule has 0 aromatic heterocycles. The normalized spacial score (nSPS) is 17.4. The van der Waals surface area contributed by atoms with E-state index in [1.165, 1.54) is 16.4 Å². The quantitative estimate of drug-likeness (QED) is 0.751. The molecule has 2 aliphatic rings. The largest absolute Gasteiger partial charge is 0.336 e. The topological polar surface area (TPSA) is 86.8 Å². The van der Waals surface area contributed by atoms with Crippen molar-refractivity contribution in [3.05, 3.63) is 57.6 Å². The first-order chi connectivity index (χ1) is 14.3. The Hall–Kier alpha value is -2.13. The standard InChI is InChI=1S/C20H19Cl2N3O4S/c21-15-2-1-3-17(19(15)22)30(28,29)25-10-8-24(9-11-25)20(27)14-4-6-16-13(12-14)5-7-18(26)23-16/h1-4,6,12H,5,7-11H2,(H,23,26). The van der Waals surface area contributed by atoms with Gasteiger partial charge in [-0.3, -0.25) is 9.59 Å². The number of carbonyl (C=O) groups excluding carboxylic acids is 2. The highest BCUT2D eigenvalue weighted by Crippen LogP contribution is 2.31. The van der Waals surface area contributed by atoms with E-state index in [1.807, 2.05) is 0 Å². The molecule has 0 saturated carbocycles. The maximum Gasteiger partial charge on any atom is 0.253 e. The van der Waals surface area contributed by atoms with Crippen LogP contribution in [-0.4, -0.2) is 55.6 Å². The fourth-order valence-corrected chi connectivity index (χ4v) is 5.81. The molecule has 0 atom stereocenters. The first-order valence-corrected chi connectivity index (χ1v) is 11.6. The summed E-state index contributed by atoms with van der Waals surface area (Å²) in [6.45, 7) is 0.865. The van der Waals surface area contributed by atoms with Crippen molar-refractivity contribution in [2.75, 3.05) is 31.5 Å². The highest BCUT2D eigenvalue weighted by Gasteiger charge is 2.32. The van der Waals surface area contributed by atoms with Gasteiger partial charge in [0, 0.05) is 43.9 Å². The van der Waals surface area contributed by atoms with E-state index in [2.05, 4.69) is 5.32 Å². The van der Waals surface area contributed by atoms with Crippen LogP contribution in [0.5, 0.6) is 0 Å². The van der Waals surface area contributed by atoms with Crippen LogP contribution in [0.25, 0.3) is 0 Å². The van der Waals surface area contributed by atoms with Gasteiger partial charge in [0.25, 0.3) is 5.91 Å². The number of hydrogen-bond donors (Lipinski definition) is 1. The summed E-state index contributed by atoms with van der Waals surface area (Å²) >= 11 is 12.1. The molecule has 7 nitrogen and oxygen atoms in total. The first kappa shape index (κ1) is 21.1. The minimum absolute atomic E-state index is 0.00109. The van der Waals surface area contributed by atoms with Gasteiger partial charge in [0.2, 0.25) is 15.9 Å². The van der Waals surface area contributed by atoms with Crippen LogP contribution < -0.4 is 5.32 Å². The average Bonchev–Trinajstić information content (AvgIpc) is 2.74. The van der Waals surface area contributed by atoms with Crippen LogP contribution in [0, 0.1) is 0 Å². The van der Waals surface area contributed by atoms with Gasteiger partial charge in [-0.2, -0.15) is 4.31 Å². The first-order valence-electron chi connectivity index (χ1n) is 9.43. The number of halogens is 2. The number of carbonyl (C=O) groups is 2. The zero-order valence-corrected chi connectivity index (χ0v) is 18.2. The Labute approximate surface area is 184 Å². The molecule has 0 aliphatic carbocycles. The maximum atomic E-state index is 12.9. The van der Waals surface area contributed by atoms with Crippen LogP contribution in [0.1, 0.15) is 22.3 Å². The van der Waals surface area contributed by atoms with Crippen molar-refractivity contribution in [3.8, 4) is 0 Å². The summed E-state index contributed by atoms with van der Waals surface area (Å²) in [7, 11) is -3.81. The van der Waals surface area contributed by atoms with E-state index < -0.39 is 10.0 Å². The number of benzene rings is 2. The SMILES string of the molecule is O=C1CCc2cc(C(=O)N3CCN(S(=O)(=O)c4cccc(Cl)c4Cl)CC3)ccc2N1. The number of nitrogens with one attached hydrogen (secondary N) is 1. The minimum atomic E-state index is -3.81. The molecule has 1 saturated heterocycles. The predicted octanol–water partition coefficient (Wildman–Crippen LogP) is 3.02. The Morgan fingerprint density at radius 3 is 2.47 bits per heavy atom. The van der Waals surface area contributed by atoms with E-state index in [0.717, 1.165) is 11.3 Å². The van der Waals surface area contributed by atoms with Gasteiger partial charge in [0.05, 0.1) is 10.0 Å². The lowest BCUT2D eigenvalue weighted by molar-refractivity contribution is -0.116. The van der Waals surface area contributed by atoms with Crippen LogP contribution in [0.15, 0.2) is 41.3 Å². The summed E-state index contributed by atoms with van der Waals surface area (Å²) in [5, 5.41) is 2.97. The smallest absolute Gasteiger partial charge is 0.253 e. The Morgan fingerprint density at radius 1 is 1.00 bits per heavy atom. The molecule has 158 valence electrons. The van der Waals surface area contributed by atoms with Gasteiger partial charge in [0.15, 0.2) is 0 Å². The molecule has 2 aromatic carbocycles. The van der Waals surface area contributed by atoms with E-state index in [-0.39, 0.29) is 52.9 Å². The van der Waals surface area contributed by atoms with Crippen molar-refractivity contribution < 1.29 is 18.0 Å². The molecule has 0 radical (unpaired) electrons. The third kappa shape index (κ3) is 3.92. The Bertz CT molecular complexity index is 1130. The summed E-state index contributed by atoms with van der Waals surface area (Å²) in [6, 6.07) is 9.71. The second kappa shape index (κ2) is 8.19. The second-order valence-electron chi connectivity index (χ2n) is 7.17. The van der Waals surface area contributed by atoms with E-state index in [4.69, 9.17) is 23.2 Å². The molecule has 4 rings (SSSR count). The molecule has 30 heavy (non-hydrogen) atoms. The number of rotatable bonds is 3. The van der Waals surface area contributed by atoms with Crippen molar-refractivity contribution in [2.24, 2.45) is 0 Å². The molecule has 2 amide bonds. The molecule has 2 heterocycles. The fraction of sp³-hybridized carbons (Fsp3) is 0.300. The van der Waals surface area contributed by atoms with E-state index in [9.17, 15) is 18.0 Å². The van der Waals surface area contributed by atoms with Gasteiger partial charge >= 0.3 is 0 Å². The summed E-state index contributed by atoms with van der Waals surface area (Å²) in [5.41, 5.74) is 2.19. The van der Waals surface area contributed by atoms with Crippen molar-refractivity contribution in [1.82, 2.24) is 9.21 Å². The zero-order valence-electron chi connectivity index (χ0n) is 15.9. The van der Waals surface area contributed by atoms with Gasteiger partial charge < -0.3 is 10.2 Å². The molecule has 0 bridgehead atoms. The Morgan fingerprint density at radius 2 is 1.73 bits per heavy atom. The molecule has 1 fully saturated rings. The number of nitrogens with zero attached hydrogens (tertiary/aromatic N) is 2. The third-order valence-corrected chi connectivity index (χ3v) is 8.18. The molecule has 1 N–H and O–H groups in total. The van der Waals surface area contributed by atoms with Crippen molar-refractivity contribution in [2.45, 2.75) is 17.7 Å². The lowest BCUT2D eigenvalue weighted by Gasteiger charge is -2.34. The molecule has 10 heteroatoms. The number of fused-ring (bicyclic) bond motifs is 1. The third-order valence-electron chi connectivity index (χ3n) is 5.31. The molecular formula is C20H19Cl2N3O4S. The Kier molecular flexibility index (Phi) is 5.76. The summed E-state index contributed by atoms with van der Waals surface area (Å²) in [6.07, 6.45) is 0.988. The molecule has 0 spiro atoms. The van der Waals surface area contributed by atoms with Gasteiger partial charge in [-0.1, -0.05) is 29.3 Å². The number of piperazine rings is 1. The number of amides is 2. The molecular weight excluding hydrogens is 449 g/mol. The predicted molar refractivity (Wildman–Crippen MR) is 115 cm³/mol. The van der Waals surface area contributed by atoms with Gasteiger partial charge in [-0.15, -0.1) is 0 Å². The van der Waals surface area contributed by atoms with Crippen LogP contribution >= 0.6 is 23.2 Å². The number of anilines is 1. The van der Waals surface area contributed by atoms with E-state index in [1.54, 1.807) is 29.2 Å². The Balaban J connectivity index is 1.46. The van der Waals surface area contributed by atoms with Crippen LogP contribution in [0.2, 0.25) is 10.0 Å². The average molecular weight is 468 g/mol.